The second-order valence-electron chi connectivity index (χ2n) is 5.70. The predicted octanol–water partition coefficient (Wildman–Crippen LogP) is 4.65. The van der Waals surface area contributed by atoms with E-state index in [0.717, 1.165) is 16.9 Å². The number of pyridine rings is 1. The van der Waals surface area contributed by atoms with Crippen LogP contribution in [0.25, 0.3) is 0 Å². The Morgan fingerprint density at radius 3 is 2.42 bits per heavy atom. The molecule has 1 N–H and O–H groups in total. The van der Waals surface area contributed by atoms with Crippen LogP contribution in [0.15, 0.2) is 73.1 Å². The van der Waals surface area contributed by atoms with Crippen LogP contribution in [0.5, 0.6) is 5.75 Å². The van der Waals surface area contributed by atoms with Gasteiger partial charge in [-0.25, -0.2) is 0 Å². The molecule has 3 aromatic rings. The van der Waals surface area contributed by atoms with Crippen LogP contribution in [0.3, 0.4) is 0 Å². The van der Waals surface area contributed by atoms with E-state index in [2.05, 4.69) is 10.3 Å². The number of ether oxygens (including phenoxy) is 1. The minimum absolute atomic E-state index is 0.170. The first kappa shape index (κ1) is 18.0. The number of carbonyl (C=O) groups excluding carboxylic acids is 1. The van der Waals surface area contributed by atoms with Crippen molar-refractivity contribution in [2.45, 2.75) is 13.0 Å². The molecule has 1 atom stereocenters. The fraction of sp³-hybridized carbons (Fsp3) is 0.143. The quantitative estimate of drug-likeness (QED) is 0.690. The zero-order valence-electron chi connectivity index (χ0n) is 14.4. The first-order valence-corrected chi connectivity index (χ1v) is 8.74. The van der Waals surface area contributed by atoms with Crippen molar-refractivity contribution in [3.8, 4) is 5.75 Å². The number of nitrogens with one attached hydrogen (secondary N) is 1. The summed E-state index contributed by atoms with van der Waals surface area (Å²) in [6.45, 7) is 2.51. The van der Waals surface area contributed by atoms with Gasteiger partial charge in [0.2, 0.25) is 0 Å². The highest BCUT2D eigenvalue weighted by Gasteiger charge is 2.18. The summed E-state index contributed by atoms with van der Waals surface area (Å²) in [5, 5.41) is 3.72. The fourth-order valence-corrected chi connectivity index (χ4v) is 2.77. The lowest BCUT2D eigenvalue weighted by atomic mass is 9.99. The first-order chi connectivity index (χ1) is 12.7. The number of hydrogen-bond donors (Lipinski definition) is 1. The first-order valence-electron chi connectivity index (χ1n) is 8.36. The molecule has 132 valence electrons. The van der Waals surface area contributed by atoms with Gasteiger partial charge in [0.15, 0.2) is 0 Å². The monoisotopic (exact) mass is 366 g/mol. The molecule has 4 nitrogen and oxygen atoms in total. The van der Waals surface area contributed by atoms with E-state index < -0.39 is 0 Å². The molecule has 1 heterocycles. The molecule has 0 saturated heterocycles. The molecule has 0 bridgehead atoms. The van der Waals surface area contributed by atoms with Gasteiger partial charge in [-0.3, -0.25) is 9.78 Å². The number of nitrogens with zero attached hydrogens (tertiary/aromatic N) is 1. The van der Waals surface area contributed by atoms with E-state index in [1.165, 1.54) is 0 Å². The molecule has 0 aliphatic rings. The van der Waals surface area contributed by atoms with Gasteiger partial charge in [-0.15, -0.1) is 0 Å². The van der Waals surface area contributed by atoms with E-state index in [-0.39, 0.29) is 11.9 Å². The standard InChI is InChI=1S/C21H19ClN2O2/c1-2-26-19-11-7-16(8-12-19)21(25)24-20(17-4-3-13-23-14-17)15-5-9-18(22)10-6-15/h3-14,20H,2H2,1H3,(H,24,25)/t20-/m0/s1. The minimum Gasteiger partial charge on any atom is -0.494 e. The Balaban J connectivity index is 1.85. The van der Waals surface area contributed by atoms with E-state index in [1.807, 2.05) is 43.3 Å². The molecule has 2 aromatic carbocycles. The van der Waals surface area contributed by atoms with Crippen molar-refractivity contribution in [2.75, 3.05) is 6.61 Å². The van der Waals surface area contributed by atoms with Crippen LogP contribution in [-0.2, 0) is 0 Å². The normalized spacial score (nSPS) is 11.6. The third kappa shape index (κ3) is 4.41. The highest BCUT2D eigenvalue weighted by Crippen LogP contribution is 2.24. The van der Waals surface area contributed by atoms with E-state index in [4.69, 9.17) is 16.3 Å². The fourth-order valence-electron chi connectivity index (χ4n) is 2.64. The van der Waals surface area contributed by atoms with Gasteiger partial charge in [0, 0.05) is 23.0 Å². The number of benzene rings is 2. The smallest absolute Gasteiger partial charge is 0.252 e. The van der Waals surface area contributed by atoms with Crippen LogP contribution < -0.4 is 10.1 Å². The van der Waals surface area contributed by atoms with Gasteiger partial charge in [0.05, 0.1) is 12.6 Å². The largest absolute Gasteiger partial charge is 0.494 e. The van der Waals surface area contributed by atoms with Crippen LogP contribution >= 0.6 is 11.6 Å². The topological polar surface area (TPSA) is 51.2 Å². The molecule has 1 aromatic heterocycles. The van der Waals surface area contributed by atoms with Crippen molar-refractivity contribution in [3.05, 3.63) is 94.8 Å². The molecule has 26 heavy (non-hydrogen) atoms. The van der Waals surface area contributed by atoms with E-state index in [0.29, 0.717) is 17.2 Å². The van der Waals surface area contributed by atoms with Crippen molar-refractivity contribution in [2.24, 2.45) is 0 Å². The summed E-state index contributed by atoms with van der Waals surface area (Å²) in [5.74, 6) is 0.572. The molecule has 0 fully saturated rings. The average molecular weight is 367 g/mol. The average Bonchev–Trinajstić information content (AvgIpc) is 2.68. The molecule has 0 aliphatic carbocycles. The van der Waals surface area contributed by atoms with Gasteiger partial charge in [-0.05, 0) is 60.5 Å². The lowest BCUT2D eigenvalue weighted by Crippen LogP contribution is -2.29. The number of halogens is 1. The van der Waals surface area contributed by atoms with Crippen molar-refractivity contribution in [3.63, 3.8) is 0 Å². The van der Waals surface area contributed by atoms with Crippen LogP contribution in [0.1, 0.15) is 34.5 Å². The van der Waals surface area contributed by atoms with Crippen LogP contribution in [0, 0.1) is 0 Å². The van der Waals surface area contributed by atoms with Crippen molar-refractivity contribution in [1.29, 1.82) is 0 Å². The summed E-state index contributed by atoms with van der Waals surface area (Å²) in [7, 11) is 0. The number of hydrogen-bond acceptors (Lipinski definition) is 3. The second-order valence-corrected chi connectivity index (χ2v) is 6.14. The Bertz CT molecular complexity index is 849. The molecule has 0 saturated carbocycles. The van der Waals surface area contributed by atoms with Crippen molar-refractivity contribution >= 4 is 17.5 Å². The highest BCUT2D eigenvalue weighted by molar-refractivity contribution is 6.30. The molecule has 0 unspecified atom stereocenters. The third-order valence-electron chi connectivity index (χ3n) is 3.92. The van der Waals surface area contributed by atoms with E-state index in [1.54, 1.807) is 36.7 Å². The van der Waals surface area contributed by atoms with E-state index in [9.17, 15) is 4.79 Å². The van der Waals surface area contributed by atoms with E-state index >= 15 is 0 Å². The van der Waals surface area contributed by atoms with Crippen molar-refractivity contribution < 1.29 is 9.53 Å². The summed E-state index contributed by atoms with van der Waals surface area (Å²) in [6, 6.07) is 18.0. The molecular formula is C21H19ClN2O2. The summed E-state index contributed by atoms with van der Waals surface area (Å²) in [5.41, 5.74) is 2.40. The van der Waals surface area contributed by atoms with Crippen LogP contribution in [0.2, 0.25) is 5.02 Å². The molecule has 0 aliphatic heterocycles. The second kappa shape index (κ2) is 8.50. The zero-order valence-corrected chi connectivity index (χ0v) is 15.1. The number of aromatic nitrogens is 1. The number of amides is 1. The Morgan fingerprint density at radius 1 is 1.08 bits per heavy atom. The molecular weight excluding hydrogens is 348 g/mol. The summed E-state index contributed by atoms with van der Waals surface area (Å²) in [4.78, 5) is 16.9. The lowest BCUT2D eigenvalue weighted by Gasteiger charge is -2.20. The zero-order chi connectivity index (χ0) is 18.4. The maximum atomic E-state index is 12.7. The number of rotatable bonds is 6. The molecule has 0 radical (unpaired) electrons. The minimum atomic E-state index is -0.319. The van der Waals surface area contributed by atoms with Crippen LogP contribution in [-0.4, -0.2) is 17.5 Å². The molecule has 0 spiro atoms. The maximum Gasteiger partial charge on any atom is 0.252 e. The maximum absolute atomic E-state index is 12.7. The Kier molecular flexibility index (Phi) is 5.87. The third-order valence-corrected chi connectivity index (χ3v) is 4.18. The Hall–Kier alpha value is -2.85. The Labute approximate surface area is 157 Å². The van der Waals surface area contributed by atoms with Gasteiger partial charge in [-0.2, -0.15) is 0 Å². The summed E-state index contributed by atoms with van der Waals surface area (Å²) in [6.07, 6.45) is 3.45. The summed E-state index contributed by atoms with van der Waals surface area (Å²) < 4.78 is 5.42. The Morgan fingerprint density at radius 2 is 1.81 bits per heavy atom. The molecule has 3 rings (SSSR count). The predicted molar refractivity (Wildman–Crippen MR) is 103 cm³/mol. The van der Waals surface area contributed by atoms with Gasteiger partial charge in [-0.1, -0.05) is 29.8 Å². The summed E-state index contributed by atoms with van der Waals surface area (Å²) >= 11 is 5.99. The molecule has 5 heteroatoms. The highest BCUT2D eigenvalue weighted by atomic mass is 35.5. The van der Waals surface area contributed by atoms with Crippen molar-refractivity contribution in [1.82, 2.24) is 10.3 Å². The lowest BCUT2D eigenvalue weighted by molar-refractivity contribution is 0.0943. The van der Waals surface area contributed by atoms with Gasteiger partial charge in [0.25, 0.3) is 5.91 Å². The van der Waals surface area contributed by atoms with Crippen LogP contribution in [0.4, 0.5) is 0 Å². The van der Waals surface area contributed by atoms with Gasteiger partial charge >= 0.3 is 0 Å². The van der Waals surface area contributed by atoms with Gasteiger partial charge in [0.1, 0.15) is 5.75 Å². The SMILES string of the molecule is CCOc1ccc(C(=O)N[C@@H](c2ccc(Cl)cc2)c2cccnc2)cc1. The van der Waals surface area contributed by atoms with Gasteiger partial charge < -0.3 is 10.1 Å². The number of carbonyl (C=O) groups is 1. The molecule has 1 amide bonds.